The minimum absolute atomic E-state index is 0.163. The molecule has 15 heavy (non-hydrogen) atoms. The van der Waals surface area contributed by atoms with E-state index in [1.54, 1.807) is 32.3 Å². The number of para-hydroxylation sites is 1. The van der Waals surface area contributed by atoms with Gasteiger partial charge in [-0.1, -0.05) is 12.1 Å². The third kappa shape index (κ3) is 2.95. The number of hydrogen-bond acceptors (Lipinski definition) is 3. The molecule has 0 radical (unpaired) electrons. The number of ether oxygens (including phenoxy) is 1. The lowest BCUT2D eigenvalue weighted by atomic mass is 10.2. The van der Waals surface area contributed by atoms with Crippen LogP contribution in [0.2, 0.25) is 0 Å². The van der Waals surface area contributed by atoms with E-state index in [9.17, 15) is 9.59 Å². The molecule has 0 saturated heterocycles. The highest BCUT2D eigenvalue weighted by atomic mass is 35.5. The number of halogens is 1. The number of nitrogens with zero attached hydrogens (tertiary/aromatic N) is 1. The van der Waals surface area contributed by atoms with Gasteiger partial charge < -0.3 is 9.64 Å². The summed E-state index contributed by atoms with van der Waals surface area (Å²) >= 11 is 5.08. The van der Waals surface area contributed by atoms with Crippen LogP contribution in [0.4, 0.5) is 4.79 Å². The summed E-state index contributed by atoms with van der Waals surface area (Å²) in [5, 5.41) is 0. The maximum Gasteiger partial charge on any atom is 0.409 e. The van der Waals surface area contributed by atoms with Crippen LogP contribution in [-0.2, 0) is 0 Å². The summed E-state index contributed by atoms with van der Waals surface area (Å²) in [4.78, 5) is 23.6. The molecule has 0 bridgehead atoms. The minimum Gasteiger partial charge on any atom is -0.414 e. The van der Waals surface area contributed by atoms with Gasteiger partial charge in [0.1, 0.15) is 5.75 Å². The Bertz CT molecular complexity index is 390. The molecule has 4 nitrogen and oxygen atoms in total. The Morgan fingerprint density at radius 1 is 1.27 bits per heavy atom. The Hall–Kier alpha value is -1.55. The molecule has 80 valence electrons. The number of carbonyl (C=O) groups is 2. The van der Waals surface area contributed by atoms with Crippen LogP contribution in [0.1, 0.15) is 10.4 Å². The van der Waals surface area contributed by atoms with Crippen molar-refractivity contribution in [3.63, 3.8) is 0 Å². The lowest BCUT2D eigenvalue weighted by Crippen LogP contribution is -2.22. The van der Waals surface area contributed by atoms with Gasteiger partial charge in [-0.3, -0.25) is 4.79 Å². The highest BCUT2D eigenvalue weighted by Crippen LogP contribution is 2.19. The molecule has 0 saturated carbocycles. The molecule has 0 aliphatic carbocycles. The van der Waals surface area contributed by atoms with E-state index < -0.39 is 5.43 Å². The average molecular weight is 228 g/mol. The van der Waals surface area contributed by atoms with Crippen LogP contribution in [0.5, 0.6) is 5.75 Å². The second kappa shape index (κ2) is 4.79. The standard InChI is InChI=1S/C10H10ClNO3/c1-12(2)9(13)7-5-3-4-6-8(7)15-10(11)14/h3-6H,1-2H3. The molecule has 0 atom stereocenters. The summed E-state index contributed by atoms with van der Waals surface area (Å²) in [7, 11) is 3.23. The molecule has 1 aromatic rings. The number of amides is 1. The van der Waals surface area contributed by atoms with Crippen LogP contribution in [0.3, 0.4) is 0 Å². The van der Waals surface area contributed by atoms with Gasteiger partial charge in [-0.15, -0.1) is 0 Å². The van der Waals surface area contributed by atoms with Crippen molar-refractivity contribution in [2.75, 3.05) is 14.1 Å². The molecule has 0 aliphatic rings. The number of rotatable bonds is 2. The fourth-order valence-corrected chi connectivity index (χ4v) is 1.14. The molecule has 0 unspecified atom stereocenters. The topological polar surface area (TPSA) is 46.6 Å². The Labute approximate surface area is 92.4 Å². The summed E-state index contributed by atoms with van der Waals surface area (Å²) < 4.78 is 4.70. The zero-order chi connectivity index (χ0) is 11.4. The summed E-state index contributed by atoms with van der Waals surface area (Å²) in [6.07, 6.45) is 0. The van der Waals surface area contributed by atoms with Crippen molar-refractivity contribution in [3.8, 4) is 5.75 Å². The van der Waals surface area contributed by atoms with Crippen molar-refractivity contribution in [1.82, 2.24) is 4.90 Å². The van der Waals surface area contributed by atoms with Gasteiger partial charge >= 0.3 is 5.43 Å². The van der Waals surface area contributed by atoms with Gasteiger partial charge in [0.2, 0.25) is 0 Å². The minimum atomic E-state index is -0.964. The lowest BCUT2D eigenvalue weighted by molar-refractivity contribution is 0.0825. The third-order valence-electron chi connectivity index (χ3n) is 1.71. The summed E-state index contributed by atoms with van der Waals surface area (Å²) in [6, 6.07) is 6.42. The van der Waals surface area contributed by atoms with Crippen molar-refractivity contribution in [1.29, 1.82) is 0 Å². The van der Waals surface area contributed by atoms with E-state index in [1.807, 2.05) is 0 Å². The zero-order valence-corrected chi connectivity index (χ0v) is 9.12. The first kappa shape index (κ1) is 11.5. The normalized spacial score (nSPS) is 9.53. The second-order valence-corrected chi connectivity index (χ2v) is 3.34. The molecule has 0 N–H and O–H groups in total. The number of hydrogen-bond donors (Lipinski definition) is 0. The predicted octanol–water partition coefficient (Wildman–Crippen LogP) is 2.13. The smallest absolute Gasteiger partial charge is 0.409 e. The molecule has 0 spiro atoms. The molecule has 0 aliphatic heterocycles. The Balaban J connectivity index is 3.06. The van der Waals surface area contributed by atoms with E-state index in [1.165, 1.54) is 11.0 Å². The number of benzene rings is 1. The summed E-state index contributed by atoms with van der Waals surface area (Å²) in [6.45, 7) is 0. The molecule has 1 amide bonds. The molecule has 0 heterocycles. The van der Waals surface area contributed by atoms with E-state index in [4.69, 9.17) is 16.3 Å². The van der Waals surface area contributed by atoms with Crippen LogP contribution in [0.15, 0.2) is 24.3 Å². The van der Waals surface area contributed by atoms with E-state index in [2.05, 4.69) is 0 Å². The van der Waals surface area contributed by atoms with Gasteiger partial charge in [0.25, 0.3) is 5.91 Å². The van der Waals surface area contributed by atoms with E-state index >= 15 is 0 Å². The molecule has 1 aromatic carbocycles. The van der Waals surface area contributed by atoms with Crippen LogP contribution in [0, 0.1) is 0 Å². The molecule has 1 rings (SSSR count). The van der Waals surface area contributed by atoms with Crippen LogP contribution >= 0.6 is 11.6 Å². The Kier molecular flexibility index (Phi) is 3.68. The lowest BCUT2D eigenvalue weighted by Gasteiger charge is -2.12. The van der Waals surface area contributed by atoms with Crippen molar-refractivity contribution in [2.24, 2.45) is 0 Å². The van der Waals surface area contributed by atoms with Crippen molar-refractivity contribution in [2.45, 2.75) is 0 Å². The Morgan fingerprint density at radius 2 is 1.87 bits per heavy atom. The highest BCUT2D eigenvalue weighted by Gasteiger charge is 2.15. The number of carbonyl (C=O) groups excluding carboxylic acids is 2. The van der Waals surface area contributed by atoms with Crippen LogP contribution in [-0.4, -0.2) is 30.3 Å². The summed E-state index contributed by atoms with van der Waals surface area (Å²) in [5.41, 5.74) is -0.662. The maximum atomic E-state index is 11.6. The van der Waals surface area contributed by atoms with E-state index in [-0.39, 0.29) is 11.7 Å². The van der Waals surface area contributed by atoms with Crippen molar-refractivity contribution < 1.29 is 14.3 Å². The van der Waals surface area contributed by atoms with Gasteiger partial charge in [0, 0.05) is 25.7 Å². The largest absolute Gasteiger partial charge is 0.414 e. The molecular formula is C10H10ClNO3. The first-order chi connectivity index (χ1) is 7.02. The first-order valence-electron chi connectivity index (χ1n) is 4.20. The fourth-order valence-electron chi connectivity index (χ4n) is 1.06. The average Bonchev–Trinajstić information content (AvgIpc) is 2.16. The molecule has 5 heteroatoms. The zero-order valence-electron chi connectivity index (χ0n) is 8.36. The second-order valence-electron chi connectivity index (χ2n) is 3.04. The summed E-state index contributed by atoms with van der Waals surface area (Å²) in [5.74, 6) is -0.0836. The van der Waals surface area contributed by atoms with Crippen molar-refractivity contribution in [3.05, 3.63) is 29.8 Å². The predicted molar refractivity (Wildman–Crippen MR) is 56.3 cm³/mol. The molecular weight excluding hydrogens is 218 g/mol. The highest BCUT2D eigenvalue weighted by molar-refractivity contribution is 6.61. The molecule has 0 fully saturated rings. The first-order valence-corrected chi connectivity index (χ1v) is 4.58. The maximum absolute atomic E-state index is 11.6. The third-order valence-corrected chi connectivity index (χ3v) is 1.79. The van der Waals surface area contributed by atoms with Gasteiger partial charge in [-0.2, -0.15) is 0 Å². The fraction of sp³-hybridized carbons (Fsp3) is 0.200. The Morgan fingerprint density at radius 3 is 2.40 bits per heavy atom. The van der Waals surface area contributed by atoms with Gasteiger partial charge in [-0.25, -0.2) is 4.79 Å². The SMILES string of the molecule is CN(C)C(=O)c1ccccc1OC(=O)Cl. The van der Waals surface area contributed by atoms with Gasteiger partial charge in [0.05, 0.1) is 5.56 Å². The van der Waals surface area contributed by atoms with Gasteiger partial charge in [0.15, 0.2) is 0 Å². The van der Waals surface area contributed by atoms with Crippen LogP contribution < -0.4 is 4.74 Å². The quantitative estimate of drug-likeness (QED) is 0.727. The molecule has 0 aromatic heterocycles. The van der Waals surface area contributed by atoms with Crippen molar-refractivity contribution >= 4 is 22.9 Å². The van der Waals surface area contributed by atoms with Crippen LogP contribution in [0.25, 0.3) is 0 Å². The monoisotopic (exact) mass is 227 g/mol. The van der Waals surface area contributed by atoms with E-state index in [0.717, 1.165) is 0 Å². The van der Waals surface area contributed by atoms with E-state index in [0.29, 0.717) is 5.56 Å². The van der Waals surface area contributed by atoms with Gasteiger partial charge in [-0.05, 0) is 12.1 Å².